The van der Waals surface area contributed by atoms with Crippen molar-refractivity contribution in [2.75, 3.05) is 11.9 Å². The Morgan fingerprint density at radius 1 is 0.944 bits per heavy atom. The Bertz CT molecular complexity index is 1040. The molecule has 2 aliphatic heterocycles. The van der Waals surface area contributed by atoms with Gasteiger partial charge in [0.1, 0.15) is 0 Å². The lowest BCUT2D eigenvalue weighted by Crippen LogP contribution is -2.50. The molecule has 192 valence electrons. The average molecular weight is 488 g/mol. The lowest BCUT2D eigenvalue weighted by Gasteiger charge is -2.42. The molecule has 1 aliphatic carbocycles. The number of hydrogen-bond donors (Lipinski definition) is 2. The highest BCUT2D eigenvalue weighted by Crippen LogP contribution is 2.48. The third-order valence-corrected chi connectivity index (χ3v) is 8.67. The van der Waals surface area contributed by atoms with Crippen LogP contribution in [0.3, 0.4) is 0 Å². The van der Waals surface area contributed by atoms with Crippen molar-refractivity contribution in [3.63, 3.8) is 0 Å². The van der Waals surface area contributed by atoms with Crippen LogP contribution in [0.2, 0.25) is 0 Å². The topological polar surface area (TPSA) is 61.4 Å². The van der Waals surface area contributed by atoms with Gasteiger partial charge in [-0.2, -0.15) is 0 Å². The monoisotopic (exact) mass is 487 g/mol. The molecule has 5 rings (SSSR count). The minimum absolute atomic E-state index is 0.0704. The number of anilines is 1. The van der Waals surface area contributed by atoms with Gasteiger partial charge in [-0.3, -0.25) is 9.59 Å². The summed E-state index contributed by atoms with van der Waals surface area (Å²) in [6.45, 7) is 3.07. The molecule has 0 spiro atoms. The van der Waals surface area contributed by atoms with Gasteiger partial charge in [-0.25, -0.2) is 0 Å². The number of para-hydroxylation sites is 1. The number of likely N-dealkylation sites (tertiary alicyclic amines) is 1. The zero-order valence-corrected chi connectivity index (χ0v) is 21.6. The third kappa shape index (κ3) is 5.16. The van der Waals surface area contributed by atoms with E-state index in [2.05, 4.69) is 46.7 Å². The number of nitrogens with zero attached hydrogens (tertiary/aromatic N) is 1. The fourth-order valence-electron chi connectivity index (χ4n) is 6.81. The number of hydrogen-bond acceptors (Lipinski definition) is 3. The zero-order chi connectivity index (χ0) is 24.9. The summed E-state index contributed by atoms with van der Waals surface area (Å²) in [6, 6.07) is 18.4. The highest BCUT2D eigenvalue weighted by molar-refractivity contribution is 5.94. The zero-order valence-electron chi connectivity index (χ0n) is 21.6. The number of nitrogens with one attached hydrogen (secondary N) is 2. The maximum absolute atomic E-state index is 14.2. The number of amides is 2. The lowest BCUT2D eigenvalue weighted by molar-refractivity contribution is -0.138. The molecular weight excluding hydrogens is 446 g/mol. The number of unbranched alkanes of at least 4 members (excludes halogenated alkanes) is 3. The van der Waals surface area contributed by atoms with Crippen molar-refractivity contribution in [1.82, 2.24) is 10.2 Å². The summed E-state index contributed by atoms with van der Waals surface area (Å²) in [7, 11) is 0. The van der Waals surface area contributed by atoms with Crippen LogP contribution in [0.15, 0.2) is 54.6 Å². The Morgan fingerprint density at radius 3 is 2.56 bits per heavy atom. The van der Waals surface area contributed by atoms with Crippen LogP contribution in [0.25, 0.3) is 0 Å². The summed E-state index contributed by atoms with van der Waals surface area (Å²) in [4.78, 5) is 29.3. The Kier molecular flexibility index (Phi) is 7.93. The molecule has 2 N–H and O–H groups in total. The van der Waals surface area contributed by atoms with Gasteiger partial charge >= 0.3 is 0 Å². The van der Waals surface area contributed by atoms with E-state index in [-0.39, 0.29) is 29.8 Å². The molecule has 0 bridgehead atoms. The number of rotatable bonds is 8. The van der Waals surface area contributed by atoms with E-state index < -0.39 is 0 Å². The summed E-state index contributed by atoms with van der Waals surface area (Å²) < 4.78 is 0. The van der Waals surface area contributed by atoms with E-state index in [1.54, 1.807) is 0 Å². The third-order valence-electron chi connectivity index (χ3n) is 8.67. The standard InChI is InChI=1S/C31H41N3O2/c1-2-3-4-8-17-27-24-20-21-34(29(24)23-15-9-11-18-26(23)32-27)31(36)25-16-10-12-19-28(25)33-30(35)22-13-6-5-7-14-22/h5-7,9,11,13-15,18,24-25,27-29,32H,2-4,8,10,12,16-17,19-21H2,1H3,(H,33,35)/t24-,25+,27-,28-,29+/m1/s1. The largest absolute Gasteiger partial charge is 0.382 e. The molecule has 1 saturated heterocycles. The Balaban J connectivity index is 1.34. The van der Waals surface area contributed by atoms with Crippen LogP contribution in [-0.4, -0.2) is 35.3 Å². The van der Waals surface area contributed by atoms with Crippen LogP contribution in [0.4, 0.5) is 5.69 Å². The van der Waals surface area contributed by atoms with Crippen molar-refractivity contribution < 1.29 is 9.59 Å². The summed E-state index contributed by atoms with van der Waals surface area (Å²) in [6.07, 6.45) is 11.1. The van der Waals surface area contributed by atoms with Gasteiger partial charge in [0, 0.05) is 35.8 Å². The van der Waals surface area contributed by atoms with Crippen LogP contribution in [0.5, 0.6) is 0 Å². The van der Waals surface area contributed by atoms with E-state index >= 15 is 0 Å². The molecule has 2 heterocycles. The summed E-state index contributed by atoms with van der Waals surface area (Å²) in [5.41, 5.74) is 3.11. The molecule has 5 nitrogen and oxygen atoms in total. The highest BCUT2D eigenvalue weighted by atomic mass is 16.2. The van der Waals surface area contributed by atoms with Gasteiger partial charge in [0.05, 0.1) is 12.0 Å². The highest BCUT2D eigenvalue weighted by Gasteiger charge is 2.47. The van der Waals surface area contributed by atoms with E-state index in [0.29, 0.717) is 17.5 Å². The first kappa shape index (κ1) is 24.9. The quantitative estimate of drug-likeness (QED) is 0.428. The molecule has 2 amide bonds. The van der Waals surface area contributed by atoms with Crippen molar-refractivity contribution in [3.8, 4) is 0 Å². The minimum atomic E-state index is -0.143. The Morgan fingerprint density at radius 2 is 1.72 bits per heavy atom. The fraction of sp³-hybridized carbons (Fsp3) is 0.548. The van der Waals surface area contributed by atoms with Gasteiger partial charge in [-0.05, 0) is 49.4 Å². The molecule has 0 unspecified atom stereocenters. The molecule has 5 atom stereocenters. The first-order valence-electron chi connectivity index (χ1n) is 14.2. The molecule has 2 aromatic carbocycles. The van der Waals surface area contributed by atoms with E-state index in [9.17, 15) is 9.59 Å². The van der Waals surface area contributed by atoms with Crippen molar-refractivity contribution in [2.24, 2.45) is 11.8 Å². The number of fused-ring (bicyclic) bond motifs is 3. The van der Waals surface area contributed by atoms with E-state index in [0.717, 1.165) is 45.1 Å². The van der Waals surface area contributed by atoms with Gasteiger partial charge < -0.3 is 15.5 Å². The van der Waals surface area contributed by atoms with Gasteiger partial charge in [0.2, 0.25) is 5.91 Å². The first-order chi connectivity index (χ1) is 17.7. The van der Waals surface area contributed by atoms with Gasteiger partial charge in [0.15, 0.2) is 0 Å². The number of carbonyl (C=O) groups is 2. The predicted octanol–water partition coefficient (Wildman–Crippen LogP) is 6.33. The van der Waals surface area contributed by atoms with E-state index in [4.69, 9.17) is 0 Å². The van der Waals surface area contributed by atoms with Crippen molar-refractivity contribution in [2.45, 2.75) is 89.3 Å². The first-order valence-corrected chi connectivity index (χ1v) is 14.2. The maximum Gasteiger partial charge on any atom is 0.251 e. The van der Waals surface area contributed by atoms with Crippen molar-refractivity contribution in [3.05, 3.63) is 65.7 Å². The van der Waals surface area contributed by atoms with E-state index in [1.807, 2.05) is 30.3 Å². The molecule has 1 saturated carbocycles. The van der Waals surface area contributed by atoms with Crippen LogP contribution >= 0.6 is 0 Å². The lowest BCUT2D eigenvalue weighted by atomic mass is 9.79. The van der Waals surface area contributed by atoms with Gasteiger partial charge in [-0.1, -0.05) is 81.8 Å². The summed E-state index contributed by atoms with van der Waals surface area (Å²) >= 11 is 0. The Labute approximate surface area is 216 Å². The number of benzene rings is 2. The molecule has 2 fully saturated rings. The maximum atomic E-state index is 14.2. The smallest absolute Gasteiger partial charge is 0.251 e. The average Bonchev–Trinajstić information content (AvgIpc) is 3.37. The summed E-state index contributed by atoms with van der Waals surface area (Å²) in [5, 5.41) is 7.07. The fourth-order valence-corrected chi connectivity index (χ4v) is 6.81. The van der Waals surface area contributed by atoms with Crippen LogP contribution in [0.1, 0.15) is 93.1 Å². The molecule has 5 heteroatoms. The molecular formula is C31H41N3O2. The normalized spacial score (nSPS) is 27.0. The second-order valence-corrected chi connectivity index (χ2v) is 11.0. The Hall–Kier alpha value is -2.82. The van der Waals surface area contributed by atoms with Crippen molar-refractivity contribution >= 4 is 17.5 Å². The minimum Gasteiger partial charge on any atom is -0.382 e. The molecule has 36 heavy (non-hydrogen) atoms. The molecule has 0 aromatic heterocycles. The molecule has 0 radical (unpaired) electrons. The second-order valence-electron chi connectivity index (χ2n) is 11.0. The number of carbonyl (C=O) groups excluding carboxylic acids is 2. The van der Waals surface area contributed by atoms with Crippen LogP contribution in [0, 0.1) is 11.8 Å². The van der Waals surface area contributed by atoms with E-state index in [1.165, 1.54) is 36.9 Å². The van der Waals surface area contributed by atoms with Gasteiger partial charge in [0.25, 0.3) is 5.91 Å². The summed E-state index contributed by atoms with van der Waals surface area (Å²) in [5.74, 6) is 0.475. The van der Waals surface area contributed by atoms with Crippen LogP contribution in [-0.2, 0) is 4.79 Å². The molecule has 3 aliphatic rings. The van der Waals surface area contributed by atoms with Gasteiger partial charge in [-0.15, -0.1) is 0 Å². The van der Waals surface area contributed by atoms with Crippen LogP contribution < -0.4 is 10.6 Å². The predicted molar refractivity (Wildman–Crippen MR) is 145 cm³/mol. The second kappa shape index (κ2) is 11.5. The SMILES string of the molecule is CCCCCC[C@H]1Nc2ccccc2[C@H]2[C@@H]1CCN2C(=O)[C@H]1CCCC[C@H]1NC(=O)c1ccccc1. The molecule has 2 aromatic rings. The van der Waals surface area contributed by atoms with Crippen molar-refractivity contribution in [1.29, 1.82) is 0 Å².